The second-order valence-electron chi connectivity index (χ2n) is 9.98. The zero-order valence-electron chi connectivity index (χ0n) is 21.0. The summed E-state index contributed by atoms with van der Waals surface area (Å²) in [6.45, 7) is 0. The van der Waals surface area contributed by atoms with Crippen molar-refractivity contribution in [1.29, 1.82) is 0 Å². The van der Waals surface area contributed by atoms with Gasteiger partial charge in [-0.3, -0.25) is 19.4 Å². The fourth-order valence-electron chi connectivity index (χ4n) is 4.15. The van der Waals surface area contributed by atoms with Gasteiger partial charge in [0.25, 0.3) is 0 Å². The highest BCUT2D eigenvalue weighted by Gasteiger charge is 2.78. The van der Waals surface area contributed by atoms with E-state index in [1.165, 1.54) is 21.1 Å². The third-order valence-corrected chi connectivity index (χ3v) is 6.05. The van der Waals surface area contributed by atoms with Crippen molar-refractivity contribution in [2.75, 3.05) is 21.1 Å². The molecule has 5 nitrogen and oxygen atoms in total. The lowest BCUT2D eigenvalue weighted by atomic mass is 9.94. The number of rotatable bonds is 5. The molecule has 226 valence electrons. The van der Waals surface area contributed by atoms with Crippen LogP contribution in [0.4, 0.5) is 58.4 Å². The predicted molar refractivity (Wildman–Crippen MR) is 117 cm³/mol. The summed E-state index contributed by atoms with van der Waals surface area (Å²) in [5.41, 5.74) is -10.2. The van der Waals surface area contributed by atoms with E-state index >= 15 is 0 Å². The van der Waals surface area contributed by atoms with Crippen LogP contribution >= 0.6 is 0 Å². The van der Waals surface area contributed by atoms with Gasteiger partial charge < -0.3 is 4.74 Å². The number of carbonyl (C=O) groups is 2. The van der Waals surface area contributed by atoms with Gasteiger partial charge in [0, 0.05) is 29.2 Å². The molecule has 0 amide bonds. The third-order valence-electron chi connectivity index (χ3n) is 6.05. The van der Waals surface area contributed by atoms with E-state index in [9.17, 15) is 62.3 Å². The fraction of sp³-hybridized carbons (Fsp3) is 0.417. The van der Waals surface area contributed by atoms with Gasteiger partial charge in [0.15, 0.2) is 5.78 Å². The van der Waals surface area contributed by atoms with E-state index in [1.807, 2.05) is 0 Å². The average Bonchev–Trinajstić information content (AvgIpc) is 3.14. The lowest BCUT2D eigenvalue weighted by Crippen LogP contribution is -2.65. The number of hydrogen-bond donors (Lipinski definition) is 1. The van der Waals surface area contributed by atoms with Gasteiger partial charge in [-0.2, -0.15) is 52.7 Å². The van der Waals surface area contributed by atoms with E-state index in [0.717, 1.165) is 23.5 Å². The summed E-state index contributed by atoms with van der Waals surface area (Å²) in [6, 6.07) is 0.914. The minimum atomic E-state index is -6.13. The SMILES string of the molecule is C[N+](C)(C)c1ccc(C(=O)c2cc(C(F)(F)F)cc(C(F)(F)F)c2)cc1CC1NC(C(F)(F)F)(C(F)(F)F)OC1=O. The fourth-order valence-corrected chi connectivity index (χ4v) is 4.15. The van der Waals surface area contributed by atoms with Crippen LogP contribution in [0.15, 0.2) is 36.4 Å². The highest BCUT2D eigenvalue weighted by atomic mass is 19.4. The van der Waals surface area contributed by atoms with Gasteiger partial charge in [0.05, 0.1) is 32.3 Å². The smallest absolute Gasteiger partial charge is 0.424 e. The number of hydrogen-bond acceptors (Lipinski definition) is 4. The Balaban J connectivity index is 2.11. The second-order valence-corrected chi connectivity index (χ2v) is 9.98. The van der Waals surface area contributed by atoms with Gasteiger partial charge in [-0.15, -0.1) is 0 Å². The number of nitrogens with one attached hydrogen (secondary N) is 1. The van der Waals surface area contributed by atoms with E-state index in [0.29, 0.717) is 0 Å². The number of halogens is 12. The number of quaternary nitrogens is 1. The molecule has 1 N–H and O–H groups in total. The molecular weight excluding hydrogens is 592 g/mol. The average molecular weight is 611 g/mol. The maximum atomic E-state index is 13.4. The van der Waals surface area contributed by atoms with Gasteiger partial charge in [0.1, 0.15) is 11.7 Å². The molecule has 0 saturated carbocycles. The van der Waals surface area contributed by atoms with E-state index in [-0.39, 0.29) is 33.9 Å². The highest BCUT2D eigenvalue weighted by molar-refractivity contribution is 6.09. The summed E-state index contributed by atoms with van der Waals surface area (Å²) < 4.78 is 163. The predicted octanol–water partition coefficient (Wildman–Crippen LogP) is 6.03. The number of ketones is 1. The lowest BCUT2D eigenvalue weighted by molar-refractivity contribution is -0.369. The number of benzene rings is 2. The van der Waals surface area contributed by atoms with Crippen molar-refractivity contribution < 1.29 is 67.0 Å². The van der Waals surface area contributed by atoms with Crippen molar-refractivity contribution >= 4 is 17.4 Å². The first-order valence-electron chi connectivity index (χ1n) is 11.2. The van der Waals surface area contributed by atoms with Crippen LogP contribution in [0.25, 0.3) is 0 Å². The molecule has 41 heavy (non-hydrogen) atoms. The largest absolute Gasteiger partial charge is 0.452 e. The Morgan fingerprint density at radius 3 is 1.68 bits per heavy atom. The molecule has 1 saturated heterocycles. The minimum Gasteiger partial charge on any atom is -0.424 e. The maximum Gasteiger partial charge on any atom is 0.452 e. The topological polar surface area (TPSA) is 55.4 Å². The van der Waals surface area contributed by atoms with Crippen LogP contribution in [0.3, 0.4) is 0 Å². The molecule has 0 aliphatic carbocycles. The van der Waals surface area contributed by atoms with Gasteiger partial charge >= 0.3 is 36.4 Å². The summed E-state index contributed by atoms with van der Waals surface area (Å²) in [7, 11) is 4.50. The van der Waals surface area contributed by atoms with Gasteiger partial charge in [-0.05, 0) is 30.3 Å². The lowest BCUT2D eigenvalue weighted by Gasteiger charge is -2.32. The van der Waals surface area contributed by atoms with Crippen molar-refractivity contribution in [3.63, 3.8) is 0 Å². The molecule has 1 aliphatic rings. The summed E-state index contributed by atoms with van der Waals surface area (Å²) in [5, 5.41) is 1.13. The van der Waals surface area contributed by atoms with Crippen molar-refractivity contribution in [1.82, 2.24) is 9.80 Å². The quantitative estimate of drug-likeness (QED) is 0.194. The molecule has 1 aliphatic heterocycles. The normalized spacial score (nSPS) is 18.4. The van der Waals surface area contributed by atoms with Crippen LogP contribution in [0.5, 0.6) is 0 Å². The Kier molecular flexibility index (Phi) is 7.76. The van der Waals surface area contributed by atoms with Crippen LogP contribution in [-0.2, 0) is 28.3 Å². The first-order valence-corrected chi connectivity index (χ1v) is 11.2. The van der Waals surface area contributed by atoms with E-state index < -0.39 is 76.9 Å². The molecule has 1 fully saturated rings. The zero-order valence-corrected chi connectivity index (χ0v) is 21.0. The Bertz CT molecular complexity index is 1310. The number of alkyl halides is 12. The van der Waals surface area contributed by atoms with E-state index in [2.05, 4.69) is 4.74 Å². The number of ether oxygens (including phenoxy) is 1. The molecule has 0 aromatic heterocycles. The molecule has 1 unspecified atom stereocenters. The summed E-state index contributed by atoms with van der Waals surface area (Å²) in [5.74, 6) is -3.30. The zero-order chi connectivity index (χ0) is 31.6. The third kappa shape index (κ3) is 6.29. The molecule has 0 radical (unpaired) electrons. The van der Waals surface area contributed by atoms with Crippen molar-refractivity contribution in [3.8, 4) is 0 Å². The summed E-state index contributed by atoms with van der Waals surface area (Å²) in [6.07, 6.45) is -23.7. The monoisotopic (exact) mass is 611 g/mol. The van der Waals surface area contributed by atoms with Crippen molar-refractivity contribution in [3.05, 3.63) is 64.2 Å². The molecule has 0 bridgehead atoms. The Labute approximate surface area is 223 Å². The number of carbonyl (C=O) groups excluding carboxylic acids is 2. The first-order chi connectivity index (χ1) is 18.3. The number of cyclic esters (lactones) is 1. The van der Waals surface area contributed by atoms with Gasteiger partial charge in [-0.1, -0.05) is 0 Å². The van der Waals surface area contributed by atoms with Crippen LogP contribution in [0.2, 0.25) is 0 Å². The summed E-state index contributed by atoms with van der Waals surface area (Å²) >= 11 is 0. The molecule has 0 spiro atoms. The molecule has 1 heterocycles. The molecule has 3 rings (SSSR count). The van der Waals surface area contributed by atoms with Gasteiger partial charge in [-0.25, -0.2) is 0 Å². The number of esters is 1. The first kappa shape index (κ1) is 32.2. The Hall–Kier alpha value is -3.34. The molecule has 17 heteroatoms. The number of nitrogens with zero attached hydrogens (tertiary/aromatic N) is 1. The van der Waals surface area contributed by atoms with E-state index in [4.69, 9.17) is 0 Å². The Morgan fingerprint density at radius 2 is 1.29 bits per heavy atom. The highest BCUT2D eigenvalue weighted by Crippen LogP contribution is 2.47. The van der Waals surface area contributed by atoms with Crippen molar-refractivity contribution in [2.45, 2.75) is 42.9 Å². The molecule has 2 aromatic rings. The standard InChI is InChI=1S/C24H19F12N2O3/c1-38(2,3)17-5-4-11(18(39)13-7-14(20(25,26)27)10-15(8-13)21(28,29)30)6-12(17)9-16-19(40)41-22(37-16,23(31,32)33)24(34,35)36/h4-8,10,16,37H,9H2,1-3H3/q+1. The minimum absolute atomic E-state index is 0.146. The summed E-state index contributed by atoms with van der Waals surface area (Å²) in [4.78, 5) is 25.2. The Morgan fingerprint density at radius 1 is 0.805 bits per heavy atom. The van der Waals surface area contributed by atoms with Crippen LogP contribution < -0.4 is 9.80 Å². The van der Waals surface area contributed by atoms with Gasteiger partial charge in [0.2, 0.25) is 0 Å². The molecule has 2 aromatic carbocycles. The maximum absolute atomic E-state index is 13.4. The van der Waals surface area contributed by atoms with Crippen LogP contribution in [0, 0.1) is 0 Å². The molecular formula is C24H19F12N2O3+. The van der Waals surface area contributed by atoms with Crippen LogP contribution in [0.1, 0.15) is 32.6 Å². The second kappa shape index (κ2) is 9.89. The van der Waals surface area contributed by atoms with Crippen molar-refractivity contribution in [2.24, 2.45) is 0 Å². The van der Waals surface area contributed by atoms with Crippen LogP contribution in [-0.4, -0.2) is 57.0 Å². The van der Waals surface area contributed by atoms with E-state index in [1.54, 1.807) is 0 Å². The molecule has 1 atom stereocenters.